The maximum absolute atomic E-state index is 9.01. The van der Waals surface area contributed by atoms with Gasteiger partial charge in [0.1, 0.15) is 0 Å². The van der Waals surface area contributed by atoms with Gasteiger partial charge in [0.25, 0.3) is 0 Å². The summed E-state index contributed by atoms with van der Waals surface area (Å²) in [5.41, 5.74) is 4.33. The first-order valence-corrected chi connectivity index (χ1v) is 6.53. The monoisotopic (exact) mass is 265 g/mol. The molecule has 3 aromatic rings. The van der Waals surface area contributed by atoms with Crippen molar-refractivity contribution in [3.63, 3.8) is 0 Å². The minimum atomic E-state index is 0.0540. The van der Waals surface area contributed by atoms with Crippen LogP contribution in [0.15, 0.2) is 60.8 Å². The summed E-state index contributed by atoms with van der Waals surface area (Å²) < 4.78 is 1.71. The molecule has 0 saturated heterocycles. The van der Waals surface area contributed by atoms with Crippen molar-refractivity contribution in [3.05, 3.63) is 60.8 Å². The predicted molar refractivity (Wildman–Crippen MR) is 78.0 cm³/mol. The van der Waals surface area contributed by atoms with E-state index in [0.29, 0.717) is 6.54 Å². The lowest BCUT2D eigenvalue weighted by Crippen LogP contribution is -2.05. The third kappa shape index (κ3) is 2.46. The maximum atomic E-state index is 9.01. The van der Waals surface area contributed by atoms with Gasteiger partial charge in [-0.05, 0) is 11.1 Å². The highest BCUT2D eigenvalue weighted by Crippen LogP contribution is 2.24. The highest BCUT2D eigenvalue weighted by molar-refractivity contribution is 5.68. The van der Waals surface area contributed by atoms with Crippen LogP contribution in [0.25, 0.3) is 22.4 Å². The second-order valence-corrected chi connectivity index (χ2v) is 4.51. The molecule has 20 heavy (non-hydrogen) atoms. The number of benzene rings is 2. The Morgan fingerprint density at radius 3 is 2.20 bits per heavy atom. The quantitative estimate of drug-likeness (QED) is 0.789. The van der Waals surface area contributed by atoms with Crippen molar-refractivity contribution in [1.29, 1.82) is 0 Å². The van der Waals surface area contributed by atoms with Crippen LogP contribution in [0.3, 0.4) is 0 Å². The molecule has 2 aromatic carbocycles. The van der Waals surface area contributed by atoms with Crippen molar-refractivity contribution < 1.29 is 5.11 Å². The zero-order chi connectivity index (χ0) is 13.8. The molecule has 0 aliphatic heterocycles. The summed E-state index contributed by atoms with van der Waals surface area (Å²) in [5.74, 6) is 0. The number of aliphatic hydroxyl groups excluding tert-OH is 1. The standard InChI is InChI=1S/C16H15N3O/c20-11-10-19-16(12-17-18-19)15-8-6-14(7-9-15)13-4-2-1-3-5-13/h1-9,12,20H,10-11H2. The van der Waals surface area contributed by atoms with Gasteiger partial charge < -0.3 is 5.11 Å². The van der Waals surface area contributed by atoms with E-state index in [2.05, 4.69) is 46.7 Å². The van der Waals surface area contributed by atoms with E-state index in [0.717, 1.165) is 11.3 Å². The number of aliphatic hydroxyl groups is 1. The molecule has 0 atom stereocenters. The van der Waals surface area contributed by atoms with Crippen LogP contribution in [0.1, 0.15) is 0 Å². The fourth-order valence-corrected chi connectivity index (χ4v) is 2.21. The Hall–Kier alpha value is -2.46. The molecular formula is C16H15N3O. The Labute approximate surface area is 117 Å². The molecule has 4 heteroatoms. The fourth-order valence-electron chi connectivity index (χ4n) is 2.21. The lowest BCUT2D eigenvalue weighted by molar-refractivity contribution is 0.269. The van der Waals surface area contributed by atoms with Gasteiger partial charge in [0.2, 0.25) is 0 Å². The topological polar surface area (TPSA) is 50.9 Å². The Bertz CT molecular complexity index is 674. The number of aromatic nitrogens is 3. The summed E-state index contributed by atoms with van der Waals surface area (Å²) in [7, 11) is 0. The minimum Gasteiger partial charge on any atom is -0.394 e. The fraction of sp³-hybridized carbons (Fsp3) is 0.125. The lowest BCUT2D eigenvalue weighted by Gasteiger charge is -2.06. The van der Waals surface area contributed by atoms with Gasteiger partial charge >= 0.3 is 0 Å². The molecule has 0 spiro atoms. The average Bonchev–Trinajstić information content (AvgIpc) is 2.97. The van der Waals surface area contributed by atoms with Crippen LogP contribution in [0, 0.1) is 0 Å². The molecule has 0 unspecified atom stereocenters. The second kappa shape index (κ2) is 5.67. The second-order valence-electron chi connectivity index (χ2n) is 4.51. The van der Waals surface area contributed by atoms with Crippen LogP contribution in [-0.2, 0) is 6.54 Å². The van der Waals surface area contributed by atoms with Gasteiger partial charge in [0.05, 0.1) is 25.0 Å². The Kier molecular flexibility index (Phi) is 3.56. The van der Waals surface area contributed by atoms with Gasteiger partial charge in [-0.15, -0.1) is 5.10 Å². The molecule has 0 radical (unpaired) electrons. The molecule has 1 aromatic heterocycles. The SMILES string of the molecule is OCCn1nncc1-c1ccc(-c2ccccc2)cc1. The van der Waals surface area contributed by atoms with E-state index < -0.39 is 0 Å². The first-order valence-electron chi connectivity index (χ1n) is 6.53. The Morgan fingerprint density at radius 2 is 1.50 bits per heavy atom. The van der Waals surface area contributed by atoms with Gasteiger partial charge in [-0.25, -0.2) is 4.68 Å². The summed E-state index contributed by atoms with van der Waals surface area (Å²) >= 11 is 0. The number of hydrogen-bond donors (Lipinski definition) is 1. The number of nitrogens with zero attached hydrogens (tertiary/aromatic N) is 3. The normalized spacial score (nSPS) is 10.7. The third-order valence-corrected chi connectivity index (χ3v) is 3.22. The molecule has 3 rings (SSSR count). The van der Waals surface area contributed by atoms with E-state index in [9.17, 15) is 0 Å². The van der Waals surface area contributed by atoms with E-state index in [1.54, 1.807) is 10.9 Å². The maximum Gasteiger partial charge on any atom is 0.0886 e. The highest BCUT2D eigenvalue weighted by atomic mass is 16.3. The van der Waals surface area contributed by atoms with Crippen LogP contribution in [0.4, 0.5) is 0 Å². The minimum absolute atomic E-state index is 0.0540. The van der Waals surface area contributed by atoms with Crippen molar-refractivity contribution in [3.8, 4) is 22.4 Å². The van der Waals surface area contributed by atoms with E-state index in [1.165, 1.54) is 11.1 Å². The Morgan fingerprint density at radius 1 is 0.850 bits per heavy atom. The lowest BCUT2D eigenvalue weighted by atomic mass is 10.0. The highest BCUT2D eigenvalue weighted by Gasteiger charge is 2.06. The molecule has 0 saturated carbocycles. The van der Waals surface area contributed by atoms with Gasteiger partial charge in [-0.2, -0.15) is 0 Å². The Balaban J connectivity index is 1.91. The van der Waals surface area contributed by atoms with Gasteiger partial charge in [0, 0.05) is 5.56 Å². The first kappa shape index (κ1) is 12.6. The molecule has 0 fully saturated rings. The summed E-state index contributed by atoms with van der Waals surface area (Å²) in [6.45, 7) is 0.508. The van der Waals surface area contributed by atoms with E-state index >= 15 is 0 Å². The molecular weight excluding hydrogens is 250 g/mol. The largest absolute Gasteiger partial charge is 0.394 e. The summed E-state index contributed by atoms with van der Waals surface area (Å²) in [6.07, 6.45) is 1.72. The third-order valence-electron chi connectivity index (χ3n) is 3.22. The van der Waals surface area contributed by atoms with E-state index in [1.807, 2.05) is 18.2 Å². The van der Waals surface area contributed by atoms with Crippen molar-refractivity contribution in [2.75, 3.05) is 6.61 Å². The van der Waals surface area contributed by atoms with Crippen LogP contribution < -0.4 is 0 Å². The molecule has 100 valence electrons. The summed E-state index contributed by atoms with van der Waals surface area (Å²) in [4.78, 5) is 0. The molecule has 0 aliphatic carbocycles. The van der Waals surface area contributed by atoms with Crippen LogP contribution in [0.5, 0.6) is 0 Å². The number of rotatable bonds is 4. The zero-order valence-electron chi connectivity index (χ0n) is 11.0. The summed E-state index contributed by atoms with van der Waals surface area (Å²) in [6, 6.07) is 18.5. The average molecular weight is 265 g/mol. The predicted octanol–water partition coefficient (Wildman–Crippen LogP) is 2.60. The molecule has 1 N–H and O–H groups in total. The van der Waals surface area contributed by atoms with Crippen molar-refractivity contribution in [1.82, 2.24) is 15.0 Å². The number of hydrogen-bond acceptors (Lipinski definition) is 3. The van der Waals surface area contributed by atoms with Crippen molar-refractivity contribution >= 4 is 0 Å². The van der Waals surface area contributed by atoms with Crippen molar-refractivity contribution in [2.24, 2.45) is 0 Å². The van der Waals surface area contributed by atoms with Crippen molar-refractivity contribution in [2.45, 2.75) is 6.54 Å². The molecule has 4 nitrogen and oxygen atoms in total. The van der Waals surface area contributed by atoms with Gasteiger partial charge in [-0.3, -0.25) is 0 Å². The molecule has 0 bridgehead atoms. The molecule has 0 amide bonds. The molecule has 1 heterocycles. The molecule has 0 aliphatic rings. The van der Waals surface area contributed by atoms with Gasteiger partial charge in [0.15, 0.2) is 0 Å². The van der Waals surface area contributed by atoms with E-state index in [-0.39, 0.29) is 6.61 Å². The van der Waals surface area contributed by atoms with Crippen LogP contribution >= 0.6 is 0 Å². The first-order chi connectivity index (χ1) is 9.88. The van der Waals surface area contributed by atoms with Crippen LogP contribution in [0.2, 0.25) is 0 Å². The smallest absolute Gasteiger partial charge is 0.0886 e. The van der Waals surface area contributed by atoms with Gasteiger partial charge in [-0.1, -0.05) is 59.8 Å². The zero-order valence-corrected chi connectivity index (χ0v) is 11.0. The summed E-state index contributed by atoms with van der Waals surface area (Å²) in [5, 5.41) is 16.9. The van der Waals surface area contributed by atoms with E-state index in [4.69, 9.17) is 5.11 Å². The van der Waals surface area contributed by atoms with Crippen LogP contribution in [-0.4, -0.2) is 26.7 Å².